The van der Waals surface area contributed by atoms with Crippen LogP contribution < -0.4 is 11.2 Å². The summed E-state index contributed by atoms with van der Waals surface area (Å²) in [4.78, 5) is 12.5. The van der Waals surface area contributed by atoms with Gasteiger partial charge in [-0.3, -0.25) is 4.57 Å². The topological polar surface area (TPSA) is 127 Å². The highest BCUT2D eigenvalue weighted by Crippen LogP contribution is 2.44. The highest BCUT2D eigenvalue weighted by Gasteiger charge is 2.57. The molecule has 1 aromatic carbocycles. The summed E-state index contributed by atoms with van der Waals surface area (Å²) in [6.07, 6.45) is 0.805. The Morgan fingerprint density at radius 1 is 1.18 bits per heavy atom. The van der Waals surface area contributed by atoms with E-state index in [1.165, 1.54) is 6.33 Å². The molecule has 1 spiro atoms. The number of nitrogens with two attached hydrogens (primary N) is 1. The normalized spacial score (nSPS) is 33.6. The molecule has 5 atom stereocenters. The van der Waals surface area contributed by atoms with Crippen molar-refractivity contribution in [3.8, 4) is 0 Å². The first-order valence-electron chi connectivity index (χ1n) is 9.11. The summed E-state index contributed by atoms with van der Waals surface area (Å²) in [6, 6.07) is 7.83. The molecule has 11 heteroatoms. The van der Waals surface area contributed by atoms with E-state index in [4.69, 9.17) is 24.4 Å². The lowest BCUT2D eigenvalue weighted by atomic mass is 9.70. The molecule has 144 valence electrons. The number of hydrogen-bond donors (Lipinski definition) is 2. The van der Waals surface area contributed by atoms with Crippen molar-refractivity contribution >= 4 is 29.2 Å². The zero-order chi connectivity index (χ0) is 18.9. The smallest absolute Gasteiger partial charge is 0.410 e. The molecule has 3 N–H and O–H groups in total. The van der Waals surface area contributed by atoms with Crippen LogP contribution in [0.5, 0.6) is 0 Å². The Kier molecular flexibility index (Phi) is 3.35. The van der Waals surface area contributed by atoms with Crippen LogP contribution in [-0.2, 0) is 25.3 Å². The van der Waals surface area contributed by atoms with Gasteiger partial charge in [0.2, 0.25) is 0 Å². The van der Waals surface area contributed by atoms with Gasteiger partial charge >= 0.3 is 6.75 Å². The number of nitrogens with zero attached hydrogens (tertiary/aromatic N) is 4. The van der Waals surface area contributed by atoms with Crippen molar-refractivity contribution < 1.29 is 23.8 Å². The SMILES string of the molecule is Nc1ncnc2c1ncn2[C@@H]1O[C@H](CO)C2O[B-]3(OCc4ccccc43)OC21. The Morgan fingerprint density at radius 2 is 2.04 bits per heavy atom. The molecule has 3 unspecified atom stereocenters. The van der Waals surface area contributed by atoms with E-state index in [9.17, 15) is 5.11 Å². The monoisotopic (exact) mass is 382 g/mol. The van der Waals surface area contributed by atoms with Crippen molar-refractivity contribution in [2.24, 2.45) is 0 Å². The molecule has 0 aliphatic carbocycles. The predicted molar refractivity (Wildman–Crippen MR) is 97.1 cm³/mol. The van der Waals surface area contributed by atoms with Gasteiger partial charge in [0.15, 0.2) is 17.7 Å². The second-order valence-electron chi connectivity index (χ2n) is 7.18. The standard InChI is InChI=1S/C17H17BN5O5/c19-15-12-16(21-7-20-15)23(8-22-12)17-14-13(11(5-24)26-17)27-18(28-14)10-4-2-1-3-9(10)6-25-18/h1-4,7-8,11,13-14,17,24H,5-6H2,(H2,19,20,21)/q-1/t11-,13?,14?,17-,18?/m1/s1. The van der Waals surface area contributed by atoms with Gasteiger partial charge in [-0.1, -0.05) is 29.8 Å². The van der Waals surface area contributed by atoms with Crippen LogP contribution in [0.3, 0.4) is 0 Å². The molecule has 3 aliphatic heterocycles. The van der Waals surface area contributed by atoms with Gasteiger partial charge in [-0.05, 0) is 0 Å². The fraction of sp³-hybridized carbons (Fsp3) is 0.353. The molecular formula is C17H17BN5O5-. The summed E-state index contributed by atoms with van der Waals surface area (Å²) in [5.74, 6) is 0.286. The molecule has 3 aromatic rings. The maximum atomic E-state index is 9.85. The molecule has 2 fully saturated rings. The van der Waals surface area contributed by atoms with E-state index in [2.05, 4.69) is 15.0 Å². The number of aromatic nitrogens is 4. The molecule has 0 bridgehead atoms. The first-order valence-corrected chi connectivity index (χ1v) is 9.11. The number of nitrogen functional groups attached to an aromatic ring is 1. The Bertz CT molecular complexity index is 1080. The zero-order valence-electron chi connectivity index (χ0n) is 14.7. The molecule has 28 heavy (non-hydrogen) atoms. The van der Waals surface area contributed by atoms with Gasteiger partial charge < -0.3 is 29.5 Å². The number of benzene rings is 1. The van der Waals surface area contributed by atoms with Gasteiger partial charge in [0.05, 0.1) is 25.1 Å². The molecule has 2 aromatic heterocycles. The van der Waals surface area contributed by atoms with Crippen molar-refractivity contribution in [1.82, 2.24) is 19.5 Å². The number of anilines is 1. The quantitative estimate of drug-likeness (QED) is 0.562. The number of aliphatic hydroxyl groups is 1. The molecule has 6 rings (SSSR count). The summed E-state index contributed by atoms with van der Waals surface area (Å²) < 4.78 is 26.4. The number of fused-ring (bicyclic) bond motifs is 4. The highest BCUT2D eigenvalue weighted by atomic mass is 16.8. The summed E-state index contributed by atoms with van der Waals surface area (Å²) in [6.45, 7) is -1.88. The van der Waals surface area contributed by atoms with Crippen LogP contribution in [0.4, 0.5) is 5.82 Å². The number of rotatable bonds is 2. The largest absolute Gasteiger partial charge is 0.537 e. The second kappa shape index (κ2) is 5.72. The number of aliphatic hydroxyl groups excluding tert-OH is 1. The lowest BCUT2D eigenvalue weighted by Gasteiger charge is -2.34. The Morgan fingerprint density at radius 3 is 2.93 bits per heavy atom. The van der Waals surface area contributed by atoms with E-state index in [-0.39, 0.29) is 12.4 Å². The van der Waals surface area contributed by atoms with Gasteiger partial charge in [0, 0.05) is 6.61 Å². The highest BCUT2D eigenvalue weighted by molar-refractivity contribution is 6.77. The summed E-state index contributed by atoms with van der Waals surface area (Å²) in [7, 11) is 0. The van der Waals surface area contributed by atoms with Crippen LogP contribution in [-0.4, -0.2) is 56.3 Å². The Hall–Kier alpha value is -2.57. The van der Waals surface area contributed by atoms with Crippen molar-refractivity contribution in [2.75, 3.05) is 12.3 Å². The molecule has 10 nitrogen and oxygen atoms in total. The average molecular weight is 382 g/mol. The van der Waals surface area contributed by atoms with Crippen molar-refractivity contribution in [2.45, 2.75) is 31.1 Å². The van der Waals surface area contributed by atoms with E-state index in [0.717, 1.165) is 11.0 Å². The number of ether oxygens (including phenoxy) is 1. The molecule has 0 saturated carbocycles. The van der Waals surface area contributed by atoms with Crippen molar-refractivity contribution in [1.29, 1.82) is 0 Å². The fourth-order valence-electron chi connectivity index (χ4n) is 4.42. The summed E-state index contributed by atoms with van der Waals surface area (Å²) in [5.41, 5.74) is 8.84. The lowest BCUT2D eigenvalue weighted by Crippen LogP contribution is -2.51. The maximum Gasteiger partial charge on any atom is 0.410 e. The zero-order valence-corrected chi connectivity index (χ0v) is 14.7. The van der Waals surface area contributed by atoms with Crippen LogP contribution in [0.15, 0.2) is 36.9 Å². The van der Waals surface area contributed by atoms with E-state index in [0.29, 0.717) is 17.8 Å². The second-order valence-corrected chi connectivity index (χ2v) is 7.18. The third kappa shape index (κ3) is 2.07. The van der Waals surface area contributed by atoms with E-state index in [1.54, 1.807) is 10.9 Å². The molecule has 5 heterocycles. The summed E-state index contributed by atoms with van der Waals surface area (Å²) >= 11 is 0. The number of hydrogen-bond acceptors (Lipinski definition) is 9. The van der Waals surface area contributed by atoms with Gasteiger partial charge in [0.1, 0.15) is 17.9 Å². The molecule has 2 saturated heterocycles. The Labute approximate surface area is 159 Å². The minimum Gasteiger partial charge on any atom is -0.537 e. The molecule has 3 aliphatic rings. The first kappa shape index (κ1) is 16.4. The third-order valence-electron chi connectivity index (χ3n) is 5.69. The maximum absolute atomic E-state index is 9.85. The van der Waals surface area contributed by atoms with E-state index < -0.39 is 31.3 Å². The van der Waals surface area contributed by atoms with Crippen LogP contribution in [0, 0.1) is 0 Å². The van der Waals surface area contributed by atoms with Crippen LogP contribution in [0.25, 0.3) is 11.2 Å². The average Bonchev–Trinajstić information content (AvgIpc) is 3.46. The van der Waals surface area contributed by atoms with Crippen LogP contribution in [0.1, 0.15) is 11.8 Å². The van der Waals surface area contributed by atoms with Gasteiger partial charge in [-0.15, -0.1) is 5.46 Å². The van der Waals surface area contributed by atoms with Gasteiger partial charge in [-0.2, -0.15) is 0 Å². The van der Waals surface area contributed by atoms with Gasteiger partial charge in [0.25, 0.3) is 0 Å². The van der Waals surface area contributed by atoms with Crippen molar-refractivity contribution in [3.63, 3.8) is 0 Å². The molecular weight excluding hydrogens is 365 g/mol. The Balaban J connectivity index is 1.42. The minimum atomic E-state index is -2.09. The van der Waals surface area contributed by atoms with Crippen LogP contribution >= 0.6 is 0 Å². The minimum absolute atomic E-state index is 0.210. The van der Waals surface area contributed by atoms with Crippen LogP contribution in [0.2, 0.25) is 0 Å². The third-order valence-corrected chi connectivity index (χ3v) is 5.69. The predicted octanol–water partition coefficient (Wildman–Crippen LogP) is -0.542. The molecule has 0 amide bonds. The fourth-order valence-corrected chi connectivity index (χ4v) is 4.42. The van der Waals surface area contributed by atoms with E-state index in [1.807, 2.05) is 24.3 Å². The van der Waals surface area contributed by atoms with E-state index >= 15 is 0 Å². The van der Waals surface area contributed by atoms with Crippen molar-refractivity contribution in [3.05, 3.63) is 42.5 Å². The lowest BCUT2D eigenvalue weighted by molar-refractivity contribution is -0.0673. The van der Waals surface area contributed by atoms with Gasteiger partial charge in [-0.25, -0.2) is 15.0 Å². The first-order chi connectivity index (χ1) is 13.7. The number of imidazole rings is 1. The molecule has 0 radical (unpaired) electrons. The summed E-state index contributed by atoms with van der Waals surface area (Å²) in [5, 5.41) is 9.85.